The summed E-state index contributed by atoms with van der Waals surface area (Å²) in [5, 5.41) is 6.47. The van der Waals surface area contributed by atoms with Crippen LogP contribution in [0.15, 0.2) is 35.4 Å². The molecule has 1 aliphatic rings. The molecule has 1 aliphatic heterocycles. The standard InChI is InChI=1S/C28H34F3N5O5S/c1-35-12-9-19(10-13-35)33-24-14-20(41-18-39-2)17-36-25(16-28(29,30)31)22(34-27(24)36)6-5-11-32-23-8-7-21(42(4,37)38)15-26(23)40-3/h7-8,14-15,17,19,32-33H,9-13,16,18H2,1-4H3. The first-order valence-corrected chi connectivity index (χ1v) is 15.1. The Balaban J connectivity index is 1.68. The van der Waals surface area contributed by atoms with Crippen LogP contribution in [-0.2, 0) is 21.0 Å². The molecule has 0 amide bonds. The van der Waals surface area contributed by atoms with Gasteiger partial charge in [0, 0.05) is 31.5 Å². The Morgan fingerprint density at radius 2 is 1.88 bits per heavy atom. The number of likely N-dealkylation sites (tertiary alicyclic amines) is 1. The van der Waals surface area contributed by atoms with Gasteiger partial charge in [0.1, 0.15) is 17.2 Å². The molecular weight excluding hydrogens is 575 g/mol. The van der Waals surface area contributed by atoms with Crippen LogP contribution in [0.4, 0.5) is 24.5 Å². The number of hydrogen-bond donors (Lipinski definition) is 2. The van der Waals surface area contributed by atoms with E-state index in [0.29, 0.717) is 28.5 Å². The Morgan fingerprint density at radius 3 is 2.52 bits per heavy atom. The van der Waals surface area contributed by atoms with Gasteiger partial charge in [0.05, 0.1) is 48.2 Å². The molecule has 0 atom stereocenters. The van der Waals surface area contributed by atoms with Gasteiger partial charge in [-0.3, -0.25) is 4.40 Å². The molecular formula is C28H34F3N5O5S. The first-order valence-electron chi connectivity index (χ1n) is 13.2. The maximum atomic E-state index is 13.7. The third-order valence-electron chi connectivity index (χ3n) is 6.76. The van der Waals surface area contributed by atoms with E-state index >= 15 is 0 Å². The van der Waals surface area contributed by atoms with Crippen molar-refractivity contribution in [2.75, 3.05) is 64.6 Å². The number of halogens is 3. The highest BCUT2D eigenvalue weighted by Gasteiger charge is 2.32. The fourth-order valence-electron chi connectivity index (χ4n) is 4.63. The number of methoxy groups -OCH3 is 2. The number of benzene rings is 1. The van der Waals surface area contributed by atoms with Gasteiger partial charge in [-0.25, -0.2) is 13.4 Å². The Hall–Kier alpha value is -3.67. The summed E-state index contributed by atoms with van der Waals surface area (Å²) in [4.78, 5) is 6.84. The predicted octanol–water partition coefficient (Wildman–Crippen LogP) is 3.80. The molecule has 1 fully saturated rings. The number of fused-ring (bicyclic) bond motifs is 1. The number of piperidine rings is 1. The number of rotatable bonds is 10. The first kappa shape index (κ1) is 31.3. The second-order valence-electron chi connectivity index (χ2n) is 10.0. The quantitative estimate of drug-likeness (QED) is 0.262. The minimum Gasteiger partial charge on any atom is -0.495 e. The van der Waals surface area contributed by atoms with Crippen molar-refractivity contribution in [3.05, 3.63) is 41.9 Å². The smallest absolute Gasteiger partial charge is 0.394 e. The van der Waals surface area contributed by atoms with E-state index in [1.165, 1.54) is 36.9 Å². The Morgan fingerprint density at radius 1 is 1.14 bits per heavy atom. The summed E-state index contributed by atoms with van der Waals surface area (Å²) in [5.41, 5.74) is 1.21. The van der Waals surface area contributed by atoms with Crippen molar-refractivity contribution in [2.24, 2.45) is 0 Å². The monoisotopic (exact) mass is 609 g/mol. The fraction of sp³-hybridized carbons (Fsp3) is 0.464. The lowest BCUT2D eigenvalue weighted by Crippen LogP contribution is -2.36. The number of nitrogens with one attached hydrogen (secondary N) is 2. The summed E-state index contributed by atoms with van der Waals surface area (Å²) in [5.74, 6) is 6.24. The molecule has 4 rings (SSSR count). The van der Waals surface area contributed by atoms with Crippen LogP contribution >= 0.6 is 0 Å². The maximum Gasteiger partial charge on any atom is 0.394 e. The lowest BCUT2D eigenvalue weighted by Gasteiger charge is -2.30. The van der Waals surface area contributed by atoms with E-state index in [9.17, 15) is 21.6 Å². The van der Waals surface area contributed by atoms with Crippen molar-refractivity contribution < 1.29 is 35.8 Å². The van der Waals surface area contributed by atoms with Crippen LogP contribution in [-0.4, -0.2) is 88.9 Å². The summed E-state index contributed by atoms with van der Waals surface area (Å²) < 4.78 is 82.1. The molecule has 0 radical (unpaired) electrons. The molecule has 3 aromatic rings. The summed E-state index contributed by atoms with van der Waals surface area (Å²) in [6.07, 6.45) is -1.46. The van der Waals surface area contributed by atoms with Crippen LogP contribution < -0.4 is 20.1 Å². The van der Waals surface area contributed by atoms with Gasteiger partial charge < -0.3 is 29.7 Å². The highest BCUT2D eigenvalue weighted by molar-refractivity contribution is 7.90. The normalized spacial score (nSPS) is 14.8. The van der Waals surface area contributed by atoms with Crippen molar-refractivity contribution in [3.63, 3.8) is 0 Å². The molecule has 0 spiro atoms. The highest BCUT2D eigenvalue weighted by Crippen LogP contribution is 2.31. The summed E-state index contributed by atoms with van der Waals surface area (Å²) in [7, 11) is 1.48. The number of nitrogens with zero attached hydrogens (tertiary/aromatic N) is 3. The van der Waals surface area contributed by atoms with Crippen molar-refractivity contribution in [3.8, 4) is 23.3 Å². The van der Waals surface area contributed by atoms with E-state index in [0.717, 1.165) is 32.2 Å². The maximum absolute atomic E-state index is 13.7. The Labute approximate surface area is 243 Å². The number of hydrogen-bond acceptors (Lipinski definition) is 9. The van der Waals surface area contributed by atoms with Crippen LogP contribution in [0.5, 0.6) is 11.5 Å². The van der Waals surface area contributed by atoms with E-state index in [1.54, 1.807) is 12.1 Å². The minimum atomic E-state index is -4.51. The molecule has 0 bridgehead atoms. The van der Waals surface area contributed by atoms with Crippen molar-refractivity contribution in [1.29, 1.82) is 0 Å². The topological polar surface area (TPSA) is 106 Å². The largest absolute Gasteiger partial charge is 0.495 e. The van der Waals surface area contributed by atoms with Crippen molar-refractivity contribution >= 4 is 26.9 Å². The summed E-state index contributed by atoms with van der Waals surface area (Å²) in [6.45, 7) is 1.76. The summed E-state index contributed by atoms with van der Waals surface area (Å²) >= 11 is 0. The van der Waals surface area contributed by atoms with Gasteiger partial charge in [0.25, 0.3) is 0 Å². The molecule has 1 aromatic carbocycles. The van der Waals surface area contributed by atoms with Crippen LogP contribution in [0.1, 0.15) is 24.2 Å². The van der Waals surface area contributed by atoms with Gasteiger partial charge >= 0.3 is 6.18 Å². The second kappa shape index (κ2) is 13.1. The predicted molar refractivity (Wildman–Crippen MR) is 153 cm³/mol. The second-order valence-corrected chi connectivity index (χ2v) is 12.1. The van der Waals surface area contributed by atoms with Gasteiger partial charge in [-0.05, 0) is 51.0 Å². The van der Waals surface area contributed by atoms with Crippen molar-refractivity contribution in [2.45, 2.75) is 36.4 Å². The average Bonchev–Trinajstić information content (AvgIpc) is 3.26. The number of imidazole rings is 1. The zero-order valence-electron chi connectivity index (χ0n) is 23.8. The lowest BCUT2D eigenvalue weighted by atomic mass is 10.1. The molecule has 0 unspecified atom stereocenters. The third-order valence-corrected chi connectivity index (χ3v) is 7.87. The molecule has 2 aromatic heterocycles. The molecule has 3 heterocycles. The number of anilines is 2. The van der Waals surface area contributed by atoms with E-state index in [1.807, 2.05) is 7.05 Å². The number of aromatic nitrogens is 2. The SMILES string of the molecule is COCOc1cc(NC2CCN(C)CC2)c2nc(C#CCNc3ccc(S(C)(=O)=O)cc3OC)c(CC(F)(F)F)n2c1. The number of ether oxygens (including phenoxy) is 3. The summed E-state index contributed by atoms with van der Waals surface area (Å²) in [6, 6.07) is 6.19. The molecule has 2 N–H and O–H groups in total. The van der Waals surface area contributed by atoms with Gasteiger partial charge in [-0.2, -0.15) is 13.2 Å². The molecule has 0 aliphatic carbocycles. The zero-order chi connectivity index (χ0) is 30.5. The zero-order valence-corrected chi connectivity index (χ0v) is 24.7. The Bertz CT molecular complexity index is 1570. The van der Waals surface area contributed by atoms with E-state index in [4.69, 9.17) is 14.2 Å². The van der Waals surface area contributed by atoms with Gasteiger partial charge in [-0.1, -0.05) is 5.92 Å². The van der Waals surface area contributed by atoms with Gasteiger partial charge in [0.15, 0.2) is 22.3 Å². The first-order chi connectivity index (χ1) is 19.9. The molecule has 228 valence electrons. The Kier molecular flexibility index (Phi) is 9.75. The van der Waals surface area contributed by atoms with E-state index < -0.39 is 22.4 Å². The van der Waals surface area contributed by atoms with Crippen LogP contribution in [0.25, 0.3) is 5.65 Å². The fourth-order valence-corrected chi connectivity index (χ4v) is 5.26. The van der Waals surface area contributed by atoms with Crippen LogP contribution in [0.2, 0.25) is 0 Å². The van der Waals surface area contributed by atoms with Crippen molar-refractivity contribution in [1.82, 2.24) is 14.3 Å². The van der Waals surface area contributed by atoms with Crippen LogP contribution in [0.3, 0.4) is 0 Å². The molecule has 1 saturated heterocycles. The molecule has 42 heavy (non-hydrogen) atoms. The van der Waals surface area contributed by atoms with E-state index in [2.05, 4.69) is 32.4 Å². The number of pyridine rings is 1. The van der Waals surface area contributed by atoms with Gasteiger partial charge in [-0.15, -0.1) is 0 Å². The van der Waals surface area contributed by atoms with Gasteiger partial charge in [0.2, 0.25) is 0 Å². The third kappa shape index (κ3) is 7.99. The molecule has 0 saturated carbocycles. The molecule has 10 nitrogen and oxygen atoms in total. The number of sulfone groups is 1. The number of alkyl halides is 3. The minimum absolute atomic E-state index is 0.0103. The average molecular weight is 610 g/mol. The van der Waals surface area contributed by atoms with E-state index in [-0.39, 0.29) is 35.7 Å². The van der Waals surface area contributed by atoms with Crippen LogP contribution in [0, 0.1) is 11.8 Å². The molecule has 14 heteroatoms. The highest BCUT2D eigenvalue weighted by atomic mass is 32.2. The lowest BCUT2D eigenvalue weighted by molar-refractivity contribution is -0.128.